The van der Waals surface area contributed by atoms with Gasteiger partial charge in [0.15, 0.2) is 0 Å². The lowest BCUT2D eigenvalue weighted by Gasteiger charge is -2.02. The van der Waals surface area contributed by atoms with Crippen molar-refractivity contribution in [3.05, 3.63) is 0 Å². The molecule has 0 aromatic heterocycles. The minimum atomic E-state index is 0. The van der Waals surface area contributed by atoms with Gasteiger partial charge in [0.25, 0.3) is 0 Å². The largest absolute Gasteiger partial charge is 0.366 e. The van der Waals surface area contributed by atoms with Crippen molar-refractivity contribution in [3.63, 3.8) is 0 Å². The molecule has 0 unspecified atom stereocenters. The second-order valence-electron chi connectivity index (χ2n) is 2.88. The molecule has 0 bridgehead atoms. The van der Waals surface area contributed by atoms with Gasteiger partial charge in [-0.2, -0.15) is 0 Å². The molecule has 1 N–H and O–H groups in total. The van der Waals surface area contributed by atoms with Crippen molar-refractivity contribution in [2.24, 2.45) is 0 Å². The molecule has 1 fully saturated rings. The number of rotatable bonds is 6. The number of hydrogen-bond acceptors (Lipinski definition) is 2. The van der Waals surface area contributed by atoms with Crippen LogP contribution >= 0.6 is 0 Å². The maximum Gasteiger partial charge on any atom is 0.0967 e. The average molecular weight is 159 g/mol. The Hall–Kier alpha value is -0.0800. The highest BCUT2D eigenvalue weighted by Gasteiger charge is 2.19. The summed E-state index contributed by atoms with van der Waals surface area (Å²) in [5.74, 6) is 0. The summed E-state index contributed by atoms with van der Waals surface area (Å²) in [5.41, 5.74) is 0. The van der Waals surface area contributed by atoms with E-state index in [0.29, 0.717) is 0 Å². The topological polar surface area (TPSA) is 21.3 Å². The predicted molar refractivity (Wildman–Crippen MR) is 48.6 cm³/mol. The summed E-state index contributed by atoms with van der Waals surface area (Å²) >= 11 is 0. The van der Waals surface area contributed by atoms with Gasteiger partial charge >= 0.3 is 0 Å². The van der Waals surface area contributed by atoms with Gasteiger partial charge < -0.3 is 4.74 Å². The van der Waals surface area contributed by atoms with Crippen LogP contribution in [0.4, 0.5) is 0 Å². The van der Waals surface area contributed by atoms with Crippen LogP contribution in [0.1, 0.15) is 40.0 Å². The molecule has 0 amide bonds. The maximum atomic E-state index is 5.31. The van der Waals surface area contributed by atoms with E-state index in [1.54, 1.807) is 0 Å². The molecule has 1 aliphatic rings. The fourth-order valence-corrected chi connectivity index (χ4v) is 0.783. The van der Waals surface area contributed by atoms with Crippen molar-refractivity contribution in [1.82, 2.24) is 5.32 Å². The van der Waals surface area contributed by atoms with E-state index in [0.717, 1.165) is 19.4 Å². The first kappa shape index (κ1) is 10.9. The third kappa shape index (κ3) is 6.32. The van der Waals surface area contributed by atoms with Gasteiger partial charge in [0.2, 0.25) is 0 Å². The lowest BCUT2D eigenvalue weighted by Crippen LogP contribution is -2.20. The first-order valence-corrected chi connectivity index (χ1v) is 4.24. The van der Waals surface area contributed by atoms with Crippen LogP contribution < -0.4 is 5.32 Å². The molecular weight excluding hydrogens is 138 g/mol. The van der Waals surface area contributed by atoms with Crippen LogP contribution in [0.15, 0.2) is 0 Å². The SMILES string of the molecule is C.CCCCOCNC1CC1. The molecule has 0 aromatic rings. The lowest BCUT2D eigenvalue weighted by atomic mass is 10.4. The van der Waals surface area contributed by atoms with Gasteiger partial charge in [-0.3, -0.25) is 5.32 Å². The standard InChI is InChI=1S/C8H17NO.CH4/c1-2-3-6-10-7-9-8-4-5-8;/h8-9H,2-7H2,1H3;1H4. The highest BCUT2D eigenvalue weighted by molar-refractivity contribution is 4.79. The number of ether oxygens (including phenoxy) is 1. The van der Waals surface area contributed by atoms with E-state index >= 15 is 0 Å². The van der Waals surface area contributed by atoms with E-state index in [2.05, 4.69) is 12.2 Å². The molecule has 0 spiro atoms. The molecule has 11 heavy (non-hydrogen) atoms. The number of nitrogens with one attached hydrogen (secondary N) is 1. The van der Waals surface area contributed by atoms with Gasteiger partial charge in [0, 0.05) is 12.6 Å². The second kappa shape index (κ2) is 6.62. The predicted octanol–water partition coefficient (Wildman–Crippen LogP) is 2.15. The molecule has 1 saturated carbocycles. The lowest BCUT2D eigenvalue weighted by molar-refractivity contribution is 0.113. The normalized spacial score (nSPS) is 16.1. The van der Waals surface area contributed by atoms with Crippen LogP contribution in [0.3, 0.4) is 0 Å². The average Bonchev–Trinajstić information content (AvgIpc) is 2.71. The number of hydrogen-bond donors (Lipinski definition) is 1. The van der Waals surface area contributed by atoms with Crippen LogP contribution in [0.2, 0.25) is 0 Å². The Morgan fingerprint density at radius 3 is 2.73 bits per heavy atom. The molecule has 0 saturated heterocycles. The molecule has 2 nitrogen and oxygen atoms in total. The fourth-order valence-electron chi connectivity index (χ4n) is 0.783. The Bertz CT molecular complexity index is 81.6. The first-order chi connectivity index (χ1) is 4.93. The van der Waals surface area contributed by atoms with E-state index in [4.69, 9.17) is 4.74 Å². The van der Waals surface area contributed by atoms with Crippen LogP contribution in [-0.2, 0) is 4.74 Å². The quantitative estimate of drug-likeness (QED) is 0.473. The molecule has 1 aliphatic carbocycles. The summed E-state index contributed by atoms with van der Waals surface area (Å²) < 4.78 is 5.31. The number of unbranched alkanes of at least 4 members (excludes halogenated alkanes) is 1. The first-order valence-electron chi connectivity index (χ1n) is 4.24. The van der Waals surface area contributed by atoms with Gasteiger partial charge in [-0.05, 0) is 19.3 Å². The molecule has 1 rings (SSSR count). The van der Waals surface area contributed by atoms with Gasteiger partial charge in [0.05, 0.1) is 6.73 Å². The summed E-state index contributed by atoms with van der Waals surface area (Å²) in [4.78, 5) is 0. The Morgan fingerprint density at radius 1 is 1.45 bits per heavy atom. The van der Waals surface area contributed by atoms with Crippen LogP contribution in [0, 0.1) is 0 Å². The van der Waals surface area contributed by atoms with Gasteiger partial charge in [-0.1, -0.05) is 20.8 Å². The highest BCUT2D eigenvalue weighted by Crippen LogP contribution is 2.17. The van der Waals surface area contributed by atoms with E-state index < -0.39 is 0 Å². The van der Waals surface area contributed by atoms with Gasteiger partial charge in [-0.15, -0.1) is 0 Å². The molecule has 0 radical (unpaired) electrons. The molecule has 0 aliphatic heterocycles. The molecule has 68 valence electrons. The van der Waals surface area contributed by atoms with Gasteiger partial charge in [-0.25, -0.2) is 0 Å². The Kier molecular flexibility index (Phi) is 6.57. The zero-order valence-electron chi connectivity index (χ0n) is 6.73. The summed E-state index contributed by atoms with van der Waals surface area (Å²) in [7, 11) is 0. The van der Waals surface area contributed by atoms with Crippen molar-refractivity contribution in [3.8, 4) is 0 Å². The van der Waals surface area contributed by atoms with Crippen LogP contribution in [0.5, 0.6) is 0 Å². The monoisotopic (exact) mass is 159 g/mol. The van der Waals surface area contributed by atoms with Crippen molar-refractivity contribution in [1.29, 1.82) is 0 Å². The Labute approximate surface area is 70.3 Å². The van der Waals surface area contributed by atoms with E-state index in [1.165, 1.54) is 25.7 Å². The third-order valence-corrected chi connectivity index (χ3v) is 1.69. The molecule has 0 heterocycles. The van der Waals surface area contributed by atoms with E-state index in [1.807, 2.05) is 0 Å². The van der Waals surface area contributed by atoms with Crippen LogP contribution in [0.25, 0.3) is 0 Å². The van der Waals surface area contributed by atoms with Crippen molar-refractivity contribution in [2.45, 2.75) is 46.1 Å². The summed E-state index contributed by atoms with van der Waals surface area (Å²) in [6.45, 7) is 3.85. The third-order valence-electron chi connectivity index (χ3n) is 1.69. The van der Waals surface area contributed by atoms with Crippen molar-refractivity contribution in [2.75, 3.05) is 13.3 Å². The Morgan fingerprint density at radius 2 is 2.18 bits per heavy atom. The summed E-state index contributed by atoms with van der Waals surface area (Å²) in [6, 6.07) is 0.779. The molecule has 0 aromatic carbocycles. The Balaban J connectivity index is 0.000001000. The van der Waals surface area contributed by atoms with E-state index in [-0.39, 0.29) is 7.43 Å². The maximum absolute atomic E-state index is 5.31. The summed E-state index contributed by atoms with van der Waals surface area (Å²) in [6.07, 6.45) is 5.10. The van der Waals surface area contributed by atoms with Crippen molar-refractivity contribution < 1.29 is 4.74 Å². The van der Waals surface area contributed by atoms with Crippen LogP contribution in [-0.4, -0.2) is 19.4 Å². The van der Waals surface area contributed by atoms with Gasteiger partial charge in [0.1, 0.15) is 0 Å². The minimum Gasteiger partial charge on any atom is -0.366 e. The van der Waals surface area contributed by atoms with E-state index in [9.17, 15) is 0 Å². The molecule has 0 atom stereocenters. The highest BCUT2D eigenvalue weighted by atomic mass is 16.5. The smallest absolute Gasteiger partial charge is 0.0967 e. The fraction of sp³-hybridized carbons (Fsp3) is 1.00. The zero-order chi connectivity index (χ0) is 7.23. The van der Waals surface area contributed by atoms with Crippen molar-refractivity contribution >= 4 is 0 Å². The zero-order valence-corrected chi connectivity index (χ0v) is 6.73. The minimum absolute atomic E-state index is 0. The molecule has 2 heteroatoms. The second-order valence-corrected chi connectivity index (χ2v) is 2.88. The molecular formula is C9H21NO. The summed E-state index contributed by atoms with van der Waals surface area (Å²) in [5, 5.41) is 3.29.